The van der Waals surface area contributed by atoms with Crippen LogP contribution in [0.5, 0.6) is 0 Å². The third-order valence-electron chi connectivity index (χ3n) is 0. The van der Waals surface area contributed by atoms with Crippen LogP contribution in [0.4, 0.5) is 0 Å². The standard InChI is InChI=1S/CH4O.5CHO.2Fe.S2/c6*1-2;;;1-2/h2H,1H3;5*1H;;;/q;5*-1;+2;+3;-2. The molecule has 0 heterocycles. The summed E-state index contributed by atoms with van der Waals surface area (Å²) >= 11 is 7.33. The maximum Gasteiger partial charge on any atom is 3.00 e. The largest absolute Gasteiger partial charge is 3.00 e. The molecule has 0 aliphatic heterocycles. The molecule has 99 valence electrons. The summed E-state index contributed by atoms with van der Waals surface area (Å²) in [5.74, 6) is 0. The fraction of sp³-hybridized carbons (Fsp3) is 0.167. The molecule has 0 bridgehead atoms. The van der Waals surface area contributed by atoms with Gasteiger partial charge in [-0.3, -0.25) is 33.9 Å². The van der Waals surface area contributed by atoms with E-state index in [1.807, 2.05) is 0 Å². The zero-order valence-corrected chi connectivity index (χ0v) is 11.7. The van der Waals surface area contributed by atoms with Crippen LogP contribution in [0.25, 0.3) is 0 Å². The maximum atomic E-state index is 7.75. The van der Waals surface area contributed by atoms with Crippen LogP contribution in [0.3, 0.4) is 0 Å². The van der Waals surface area contributed by atoms with Gasteiger partial charge in [-0.15, -0.1) is 0 Å². The molecule has 0 aromatic rings. The van der Waals surface area contributed by atoms with E-state index >= 15 is 0 Å². The van der Waals surface area contributed by atoms with Crippen LogP contribution in [0, 0.1) is 0 Å². The summed E-state index contributed by atoms with van der Waals surface area (Å²) in [4.78, 5) is 38.8. The Bertz CT molecular complexity index is 40.6. The van der Waals surface area contributed by atoms with E-state index in [0.29, 0.717) is 0 Å². The van der Waals surface area contributed by atoms with E-state index in [1.165, 1.54) is 0 Å². The predicted octanol–water partition coefficient (Wildman–Crippen LogP) is -1.77. The number of aliphatic hydroxyl groups excluding tert-OH is 1. The van der Waals surface area contributed by atoms with Crippen LogP contribution in [-0.2, 0) is 81.4 Å². The molecule has 0 aliphatic carbocycles. The summed E-state index contributed by atoms with van der Waals surface area (Å²) in [6.07, 6.45) is 0. The van der Waals surface area contributed by atoms with Crippen molar-refractivity contribution >= 4 is 57.3 Å². The second-order valence-corrected chi connectivity index (χ2v) is 0. The fourth-order valence-corrected chi connectivity index (χ4v) is 0. The van der Waals surface area contributed by atoms with Crippen LogP contribution in [0.2, 0.25) is 0 Å². The fourth-order valence-electron chi connectivity index (χ4n) is 0. The molecule has 0 rings (SSSR count). The maximum absolute atomic E-state index is 7.75. The third kappa shape index (κ3) is 998000. The molecular weight excluding hydrogens is 344 g/mol. The quantitative estimate of drug-likeness (QED) is 0.179. The Morgan fingerprint density at radius 1 is 0.625 bits per heavy atom. The number of aliphatic hydroxyl groups is 1. The molecule has 0 atom stereocenters. The topological polar surface area (TPSA) is 106 Å². The minimum Gasteiger partial charge on any atom is -1.00 e. The Hall–Kier alpha value is 0.0490. The summed E-state index contributed by atoms with van der Waals surface area (Å²) < 4.78 is 0. The van der Waals surface area contributed by atoms with E-state index in [0.717, 1.165) is 7.11 Å². The zero-order chi connectivity index (χ0) is 14.0. The molecule has 10 heteroatoms. The second-order valence-electron chi connectivity index (χ2n) is 0. The number of carbonyl (C=O) groups excluding carboxylic acids is 5. The molecule has 0 unspecified atom stereocenters. The predicted molar refractivity (Wildman–Crippen MR) is 56.6 cm³/mol. The Kier molecular flexibility index (Phi) is 5660000. The molecule has 1 N–H and O–H groups in total. The van der Waals surface area contributed by atoms with Gasteiger partial charge in [-0.25, -0.2) is 0 Å². The van der Waals surface area contributed by atoms with E-state index in [1.54, 1.807) is 0 Å². The van der Waals surface area contributed by atoms with E-state index in [-0.39, 0.29) is 34.1 Å². The van der Waals surface area contributed by atoms with Crippen LogP contribution in [0.1, 0.15) is 0 Å². The van der Waals surface area contributed by atoms with Crippen LogP contribution < -0.4 is 0 Å². The minimum absolute atomic E-state index is 0. The molecule has 0 aromatic heterocycles. The SMILES string of the molecule is CO.[CH-]=O.[CH-]=O.[CH-]=O.[CH-]=O.[CH-]=O.[Fe+2].[Fe+3].[S-][S-]. The van der Waals surface area contributed by atoms with Gasteiger partial charge in [0.15, 0.2) is 0 Å². The van der Waals surface area contributed by atoms with E-state index in [4.69, 9.17) is 29.1 Å². The van der Waals surface area contributed by atoms with Crippen molar-refractivity contribution in [1.82, 2.24) is 0 Å². The van der Waals surface area contributed by atoms with Crippen molar-refractivity contribution in [1.29, 1.82) is 0 Å². The summed E-state index contributed by atoms with van der Waals surface area (Å²) in [6, 6.07) is 0. The molecule has 0 fully saturated rings. The van der Waals surface area contributed by atoms with Crippen molar-refractivity contribution in [3.63, 3.8) is 0 Å². The Balaban J connectivity index is -0.00000000500. The van der Waals surface area contributed by atoms with E-state index in [9.17, 15) is 0 Å². The smallest absolute Gasteiger partial charge is 1.00 e. The van der Waals surface area contributed by atoms with Gasteiger partial charge in [0.2, 0.25) is 0 Å². The van der Waals surface area contributed by atoms with Crippen LogP contribution in [0.15, 0.2) is 0 Å². The molecule has 0 aromatic carbocycles. The van der Waals surface area contributed by atoms with Gasteiger partial charge in [-0.2, -0.15) is 0 Å². The first-order chi connectivity index (χ1) is 7.00. The monoisotopic (exact) mass is 353 g/mol. The van der Waals surface area contributed by atoms with Crippen molar-refractivity contribution in [3.8, 4) is 0 Å². The Morgan fingerprint density at radius 3 is 0.625 bits per heavy atom. The van der Waals surface area contributed by atoms with Gasteiger partial charge in [-0.1, -0.05) is 0 Å². The van der Waals surface area contributed by atoms with Gasteiger partial charge in [0.1, 0.15) is 0 Å². The first-order valence-electron chi connectivity index (χ1n) is 1.79. The van der Waals surface area contributed by atoms with Gasteiger partial charge >= 0.3 is 34.1 Å². The minimum atomic E-state index is 0. The van der Waals surface area contributed by atoms with Gasteiger partial charge < -0.3 is 52.4 Å². The van der Waals surface area contributed by atoms with Crippen LogP contribution in [-0.4, -0.2) is 46.2 Å². The summed E-state index contributed by atoms with van der Waals surface area (Å²) in [7, 11) is 1.00. The zero-order valence-electron chi connectivity index (χ0n) is 7.90. The number of rotatable bonds is 0. The molecule has 0 spiro atoms. The van der Waals surface area contributed by atoms with Gasteiger partial charge in [0, 0.05) is 7.11 Å². The molecule has 0 aliphatic rings. The number of hydrogen-bond acceptors (Lipinski definition) is 8. The van der Waals surface area contributed by atoms with Crippen molar-refractivity contribution in [2.24, 2.45) is 0 Å². The second kappa shape index (κ2) is 1240000. The summed E-state index contributed by atoms with van der Waals surface area (Å²) in [5.41, 5.74) is 0. The Morgan fingerprint density at radius 2 is 0.625 bits per heavy atom. The summed E-state index contributed by atoms with van der Waals surface area (Å²) in [5, 5.41) is 7.00. The third-order valence-corrected chi connectivity index (χ3v) is 0. The molecule has 1 radical (unpaired) electrons. The molecule has 0 saturated heterocycles. The van der Waals surface area contributed by atoms with Gasteiger partial charge in [-0.05, 0) is 0 Å². The molecule has 0 saturated carbocycles. The van der Waals surface area contributed by atoms with Crippen molar-refractivity contribution in [2.75, 3.05) is 7.11 Å². The van der Waals surface area contributed by atoms with Crippen molar-refractivity contribution in [3.05, 3.63) is 0 Å². The average Bonchev–Trinajstić information content (AvgIpc) is 2.45. The van der Waals surface area contributed by atoms with Gasteiger partial charge in [0.05, 0.1) is 0 Å². The first kappa shape index (κ1) is 73.1. The molecular formula is C6H9Fe2O6S2-2. The molecule has 6 nitrogen and oxygen atoms in total. The van der Waals surface area contributed by atoms with E-state index < -0.39 is 0 Å². The molecule has 16 heavy (non-hydrogen) atoms. The average molecular weight is 353 g/mol. The van der Waals surface area contributed by atoms with Crippen molar-refractivity contribution < 1.29 is 63.2 Å². The van der Waals surface area contributed by atoms with Crippen LogP contribution >= 0.6 is 0 Å². The van der Waals surface area contributed by atoms with Crippen molar-refractivity contribution in [2.45, 2.75) is 0 Å². The van der Waals surface area contributed by atoms with E-state index in [2.05, 4.69) is 57.3 Å². The first-order valence-corrected chi connectivity index (χ1v) is 3.13. The van der Waals surface area contributed by atoms with Gasteiger partial charge in [0.25, 0.3) is 0 Å². The molecule has 0 amide bonds. The normalized spacial score (nSPS) is 2.00. The summed E-state index contributed by atoms with van der Waals surface area (Å²) in [6.45, 7) is 16.2. The number of hydrogen-bond donors (Lipinski definition) is 1. The Labute approximate surface area is 127 Å².